The Balaban J connectivity index is 1.55. The second-order valence-corrected chi connectivity index (χ2v) is 5.35. The van der Waals surface area contributed by atoms with Crippen LogP contribution in [0.3, 0.4) is 0 Å². The average Bonchev–Trinajstić information content (AvgIpc) is 2.53. The van der Waals surface area contributed by atoms with Gasteiger partial charge in [0.25, 0.3) is 0 Å². The lowest BCUT2D eigenvalue weighted by Gasteiger charge is -2.29. The molecule has 1 unspecified atom stereocenters. The summed E-state index contributed by atoms with van der Waals surface area (Å²) in [5.74, 6) is 0. The highest BCUT2D eigenvalue weighted by Gasteiger charge is 2.17. The third kappa shape index (κ3) is 3.06. The molecule has 0 aliphatic carbocycles. The molecule has 2 heterocycles. The van der Waals surface area contributed by atoms with Crippen molar-refractivity contribution in [1.82, 2.24) is 9.88 Å². The van der Waals surface area contributed by atoms with E-state index in [9.17, 15) is 5.11 Å². The minimum atomic E-state index is -0.464. The number of aliphatic hydroxyl groups is 1. The molecule has 20 heavy (non-hydrogen) atoms. The molecule has 3 nitrogen and oxygen atoms in total. The molecule has 0 amide bonds. The molecule has 0 fully saturated rings. The van der Waals surface area contributed by atoms with Crippen molar-refractivity contribution in [3.63, 3.8) is 0 Å². The lowest BCUT2D eigenvalue weighted by atomic mass is 9.99. The largest absolute Gasteiger partial charge is 0.387 e. The lowest BCUT2D eigenvalue weighted by Crippen LogP contribution is -2.32. The van der Waals surface area contributed by atoms with Crippen molar-refractivity contribution in [3.8, 4) is 0 Å². The number of pyridine rings is 1. The first-order chi connectivity index (χ1) is 9.83. The van der Waals surface area contributed by atoms with Crippen molar-refractivity contribution in [3.05, 3.63) is 65.5 Å². The first kappa shape index (κ1) is 13.3. The molecule has 1 aromatic heterocycles. The van der Waals surface area contributed by atoms with Crippen LogP contribution in [0.1, 0.15) is 29.3 Å². The Morgan fingerprint density at radius 3 is 2.70 bits per heavy atom. The standard InChI is InChI=1S/C17H20N2O/c20-17(16-7-3-4-10-18-16)9-12-19-11-8-14-5-1-2-6-15(14)13-19/h1-7,10,17,20H,8-9,11-13H2. The van der Waals surface area contributed by atoms with E-state index in [1.807, 2.05) is 18.2 Å². The van der Waals surface area contributed by atoms with E-state index in [2.05, 4.69) is 34.1 Å². The zero-order valence-corrected chi connectivity index (χ0v) is 11.6. The molecule has 1 atom stereocenters. The van der Waals surface area contributed by atoms with Crippen LogP contribution < -0.4 is 0 Å². The second kappa shape index (κ2) is 6.16. The fourth-order valence-electron chi connectivity index (χ4n) is 2.77. The summed E-state index contributed by atoms with van der Waals surface area (Å²) >= 11 is 0. The summed E-state index contributed by atoms with van der Waals surface area (Å²) in [6, 6.07) is 14.3. The Hall–Kier alpha value is -1.71. The maximum atomic E-state index is 10.2. The molecule has 1 aliphatic rings. The van der Waals surface area contributed by atoms with Gasteiger partial charge in [-0.2, -0.15) is 0 Å². The van der Waals surface area contributed by atoms with Gasteiger partial charge >= 0.3 is 0 Å². The minimum absolute atomic E-state index is 0.464. The normalized spacial score (nSPS) is 16.6. The number of hydrogen-bond donors (Lipinski definition) is 1. The van der Waals surface area contributed by atoms with E-state index < -0.39 is 6.10 Å². The highest BCUT2D eigenvalue weighted by Crippen LogP contribution is 2.20. The number of fused-ring (bicyclic) bond motifs is 1. The number of rotatable bonds is 4. The fraction of sp³-hybridized carbons (Fsp3) is 0.353. The van der Waals surface area contributed by atoms with Crippen LogP contribution in [-0.2, 0) is 13.0 Å². The van der Waals surface area contributed by atoms with Crippen LogP contribution in [0.15, 0.2) is 48.7 Å². The highest BCUT2D eigenvalue weighted by molar-refractivity contribution is 5.29. The molecule has 0 saturated heterocycles. The SMILES string of the molecule is OC(CCN1CCc2ccccc2C1)c1ccccn1. The van der Waals surface area contributed by atoms with Gasteiger partial charge in [-0.3, -0.25) is 9.88 Å². The van der Waals surface area contributed by atoms with E-state index in [-0.39, 0.29) is 0 Å². The van der Waals surface area contributed by atoms with Gasteiger partial charge in [0, 0.05) is 25.8 Å². The van der Waals surface area contributed by atoms with Crippen molar-refractivity contribution in [2.24, 2.45) is 0 Å². The minimum Gasteiger partial charge on any atom is -0.387 e. The van der Waals surface area contributed by atoms with Gasteiger partial charge in [-0.25, -0.2) is 0 Å². The monoisotopic (exact) mass is 268 g/mol. The Bertz CT molecular complexity index is 556. The van der Waals surface area contributed by atoms with E-state index in [4.69, 9.17) is 0 Å². The van der Waals surface area contributed by atoms with Crippen LogP contribution in [0.2, 0.25) is 0 Å². The van der Waals surface area contributed by atoms with Gasteiger partial charge in [0.05, 0.1) is 11.8 Å². The predicted molar refractivity (Wildman–Crippen MR) is 79.2 cm³/mol. The van der Waals surface area contributed by atoms with Crippen molar-refractivity contribution >= 4 is 0 Å². The van der Waals surface area contributed by atoms with Crippen LogP contribution in [-0.4, -0.2) is 28.1 Å². The average molecular weight is 268 g/mol. The number of aliphatic hydroxyl groups excluding tert-OH is 1. The Morgan fingerprint density at radius 1 is 1.10 bits per heavy atom. The second-order valence-electron chi connectivity index (χ2n) is 5.35. The molecular weight excluding hydrogens is 248 g/mol. The molecule has 1 N–H and O–H groups in total. The van der Waals surface area contributed by atoms with Gasteiger partial charge in [-0.05, 0) is 36.1 Å². The van der Waals surface area contributed by atoms with Gasteiger partial charge in [-0.15, -0.1) is 0 Å². The number of nitrogens with zero attached hydrogens (tertiary/aromatic N) is 2. The van der Waals surface area contributed by atoms with E-state index in [1.165, 1.54) is 11.1 Å². The molecular formula is C17H20N2O. The summed E-state index contributed by atoms with van der Waals surface area (Å²) < 4.78 is 0. The number of aromatic nitrogens is 1. The molecule has 0 saturated carbocycles. The van der Waals surface area contributed by atoms with Crippen LogP contribution >= 0.6 is 0 Å². The topological polar surface area (TPSA) is 36.4 Å². The van der Waals surface area contributed by atoms with Gasteiger partial charge in [0.1, 0.15) is 0 Å². The van der Waals surface area contributed by atoms with Crippen LogP contribution in [0.25, 0.3) is 0 Å². The molecule has 3 rings (SSSR count). The summed E-state index contributed by atoms with van der Waals surface area (Å²) in [7, 11) is 0. The van der Waals surface area contributed by atoms with Crippen molar-refractivity contribution < 1.29 is 5.11 Å². The van der Waals surface area contributed by atoms with Gasteiger partial charge in [-0.1, -0.05) is 30.3 Å². The molecule has 3 heteroatoms. The summed E-state index contributed by atoms with van der Waals surface area (Å²) in [5, 5.41) is 10.2. The molecule has 1 aliphatic heterocycles. The summed E-state index contributed by atoms with van der Waals surface area (Å²) in [6.07, 6.45) is 3.11. The molecule has 2 aromatic rings. The Labute approximate surface area is 119 Å². The maximum absolute atomic E-state index is 10.2. The number of benzene rings is 1. The fourth-order valence-corrected chi connectivity index (χ4v) is 2.77. The van der Waals surface area contributed by atoms with E-state index in [0.29, 0.717) is 0 Å². The molecule has 0 spiro atoms. The highest BCUT2D eigenvalue weighted by atomic mass is 16.3. The predicted octanol–water partition coefficient (Wildman–Crippen LogP) is 2.56. The first-order valence-corrected chi connectivity index (χ1v) is 7.21. The van der Waals surface area contributed by atoms with Gasteiger partial charge in [0.2, 0.25) is 0 Å². The third-order valence-corrected chi connectivity index (χ3v) is 3.96. The van der Waals surface area contributed by atoms with Gasteiger partial charge in [0.15, 0.2) is 0 Å². The first-order valence-electron chi connectivity index (χ1n) is 7.21. The van der Waals surface area contributed by atoms with Gasteiger partial charge < -0.3 is 5.11 Å². The zero-order valence-electron chi connectivity index (χ0n) is 11.6. The molecule has 0 radical (unpaired) electrons. The summed E-state index contributed by atoms with van der Waals surface area (Å²) in [6.45, 7) is 2.98. The van der Waals surface area contributed by atoms with Crippen molar-refractivity contribution in [1.29, 1.82) is 0 Å². The molecule has 0 bridgehead atoms. The Kier molecular flexibility index (Phi) is 4.09. The van der Waals surface area contributed by atoms with E-state index in [0.717, 1.165) is 38.2 Å². The lowest BCUT2D eigenvalue weighted by molar-refractivity contribution is 0.134. The quantitative estimate of drug-likeness (QED) is 0.926. The maximum Gasteiger partial charge on any atom is 0.0971 e. The van der Waals surface area contributed by atoms with E-state index in [1.54, 1.807) is 6.20 Å². The van der Waals surface area contributed by atoms with Crippen LogP contribution in [0, 0.1) is 0 Å². The van der Waals surface area contributed by atoms with Crippen LogP contribution in [0.4, 0.5) is 0 Å². The Morgan fingerprint density at radius 2 is 1.90 bits per heavy atom. The number of hydrogen-bond acceptors (Lipinski definition) is 3. The van der Waals surface area contributed by atoms with E-state index >= 15 is 0 Å². The summed E-state index contributed by atoms with van der Waals surface area (Å²) in [5.41, 5.74) is 3.66. The zero-order chi connectivity index (χ0) is 13.8. The van der Waals surface area contributed by atoms with Crippen molar-refractivity contribution in [2.45, 2.75) is 25.5 Å². The summed E-state index contributed by atoms with van der Waals surface area (Å²) in [4.78, 5) is 6.62. The van der Waals surface area contributed by atoms with Crippen molar-refractivity contribution in [2.75, 3.05) is 13.1 Å². The van der Waals surface area contributed by atoms with Crippen LogP contribution in [0.5, 0.6) is 0 Å². The smallest absolute Gasteiger partial charge is 0.0971 e. The third-order valence-electron chi connectivity index (χ3n) is 3.96. The molecule has 104 valence electrons. The molecule has 1 aromatic carbocycles.